The van der Waals surface area contributed by atoms with Gasteiger partial charge in [0, 0.05) is 31.8 Å². The normalized spacial score (nSPS) is 10.3. The molecule has 0 aromatic heterocycles. The molecule has 4 nitrogen and oxygen atoms in total. The summed E-state index contributed by atoms with van der Waals surface area (Å²) in [6.45, 7) is 1.82. The van der Waals surface area contributed by atoms with E-state index in [-0.39, 0.29) is 11.8 Å². The zero-order valence-electron chi connectivity index (χ0n) is 12.8. The summed E-state index contributed by atoms with van der Waals surface area (Å²) in [6.07, 6.45) is 0. The molecule has 0 atom stereocenters. The molecule has 0 aliphatic heterocycles. The highest BCUT2D eigenvalue weighted by atomic mass is 35.5. The smallest absolute Gasteiger partial charge is 0.253 e. The second-order valence-electron chi connectivity index (χ2n) is 5.17. The zero-order valence-corrected chi connectivity index (χ0v) is 14.3. The van der Waals surface area contributed by atoms with Gasteiger partial charge < -0.3 is 10.2 Å². The summed E-state index contributed by atoms with van der Waals surface area (Å²) in [5, 5.41) is 3.60. The van der Waals surface area contributed by atoms with Crippen molar-refractivity contribution in [2.75, 3.05) is 12.4 Å². The molecule has 6 heteroatoms. The van der Waals surface area contributed by atoms with Gasteiger partial charge in [0.2, 0.25) is 5.91 Å². The maximum atomic E-state index is 12.5. The summed E-state index contributed by atoms with van der Waals surface area (Å²) >= 11 is 11.9. The molecular formula is C17H16Cl2N2O2. The Morgan fingerprint density at radius 2 is 1.83 bits per heavy atom. The van der Waals surface area contributed by atoms with Crippen LogP contribution in [0.15, 0.2) is 42.5 Å². The molecule has 0 bridgehead atoms. The number of rotatable bonds is 4. The van der Waals surface area contributed by atoms with Crippen LogP contribution in [0.4, 0.5) is 5.69 Å². The Morgan fingerprint density at radius 3 is 2.48 bits per heavy atom. The van der Waals surface area contributed by atoms with E-state index in [1.165, 1.54) is 6.92 Å². The summed E-state index contributed by atoms with van der Waals surface area (Å²) in [4.78, 5) is 25.2. The fourth-order valence-electron chi connectivity index (χ4n) is 2.14. The third-order valence-corrected chi connectivity index (χ3v) is 3.92. The van der Waals surface area contributed by atoms with Crippen LogP contribution in [-0.4, -0.2) is 23.8 Å². The van der Waals surface area contributed by atoms with Gasteiger partial charge in [0.25, 0.3) is 5.91 Å². The van der Waals surface area contributed by atoms with Crippen LogP contribution in [-0.2, 0) is 11.3 Å². The molecular weight excluding hydrogens is 335 g/mol. The molecule has 2 aromatic carbocycles. The van der Waals surface area contributed by atoms with Gasteiger partial charge in [0.15, 0.2) is 0 Å². The van der Waals surface area contributed by atoms with Crippen molar-refractivity contribution in [3.63, 3.8) is 0 Å². The number of carbonyl (C=O) groups is 2. The Kier molecular flexibility index (Phi) is 5.64. The van der Waals surface area contributed by atoms with Gasteiger partial charge in [-0.15, -0.1) is 0 Å². The quantitative estimate of drug-likeness (QED) is 0.896. The van der Waals surface area contributed by atoms with Crippen molar-refractivity contribution in [1.29, 1.82) is 0 Å². The first-order valence-electron chi connectivity index (χ1n) is 6.94. The van der Waals surface area contributed by atoms with E-state index in [9.17, 15) is 9.59 Å². The van der Waals surface area contributed by atoms with Crippen molar-refractivity contribution in [3.8, 4) is 0 Å². The van der Waals surface area contributed by atoms with E-state index >= 15 is 0 Å². The van der Waals surface area contributed by atoms with E-state index < -0.39 is 0 Å². The van der Waals surface area contributed by atoms with Crippen LogP contribution in [0, 0.1) is 0 Å². The van der Waals surface area contributed by atoms with Gasteiger partial charge >= 0.3 is 0 Å². The second-order valence-corrected chi connectivity index (χ2v) is 5.99. The lowest BCUT2D eigenvalue weighted by atomic mass is 10.1. The highest BCUT2D eigenvalue weighted by Crippen LogP contribution is 2.23. The van der Waals surface area contributed by atoms with Gasteiger partial charge in [-0.1, -0.05) is 35.3 Å². The number of carbonyl (C=O) groups excluding carboxylic acids is 2. The summed E-state index contributed by atoms with van der Waals surface area (Å²) in [7, 11) is 1.70. The number of nitrogens with zero attached hydrogens (tertiary/aromatic N) is 1. The summed E-state index contributed by atoms with van der Waals surface area (Å²) in [5.41, 5.74) is 1.97. The first-order chi connectivity index (χ1) is 10.9. The third kappa shape index (κ3) is 4.71. The molecule has 0 spiro atoms. The molecule has 2 aromatic rings. The van der Waals surface area contributed by atoms with Crippen molar-refractivity contribution in [3.05, 3.63) is 63.6 Å². The Hall–Kier alpha value is -2.04. The lowest BCUT2D eigenvalue weighted by molar-refractivity contribution is -0.114. The van der Waals surface area contributed by atoms with Gasteiger partial charge in [-0.3, -0.25) is 9.59 Å². The van der Waals surface area contributed by atoms with Gasteiger partial charge in [-0.05, 0) is 35.9 Å². The Balaban J connectivity index is 2.12. The molecule has 0 radical (unpaired) electrons. The van der Waals surface area contributed by atoms with Gasteiger partial charge in [0.1, 0.15) is 0 Å². The molecule has 120 valence electrons. The largest absolute Gasteiger partial charge is 0.337 e. The topological polar surface area (TPSA) is 49.4 Å². The predicted octanol–water partition coefficient (Wildman–Crippen LogP) is 4.22. The molecule has 0 unspecified atom stereocenters. The fraction of sp³-hybridized carbons (Fsp3) is 0.176. The van der Waals surface area contributed by atoms with E-state index in [0.717, 1.165) is 5.56 Å². The van der Waals surface area contributed by atoms with Crippen molar-refractivity contribution in [2.24, 2.45) is 0 Å². The Bertz CT molecular complexity index is 747. The molecule has 0 saturated heterocycles. The molecule has 0 saturated carbocycles. The number of benzene rings is 2. The number of amides is 2. The van der Waals surface area contributed by atoms with Gasteiger partial charge in [0.05, 0.1) is 10.0 Å². The van der Waals surface area contributed by atoms with Crippen LogP contribution in [0.3, 0.4) is 0 Å². The molecule has 0 aliphatic carbocycles. The highest BCUT2D eigenvalue weighted by Gasteiger charge is 2.13. The van der Waals surface area contributed by atoms with Crippen LogP contribution in [0.25, 0.3) is 0 Å². The number of nitrogens with one attached hydrogen (secondary N) is 1. The summed E-state index contributed by atoms with van der Waals surface area (Å²) < 4.78 is 0. The molecule has 2 amide bonds. The number of hydrogen-bond acceptors (Lipinski definition) is 2. The summed E-state index contributed by atoms with van der Waals surface area (Å²) in [6, 6.07) is 12.1. The molecule has 2 rings (SSSR count). The number of hydrogen-bond donors (Lipinski definition) is 1. The lowest BCUT2D eigenvalue weighted by Crippen LogP contribution is -2.26. The van der Waals surface area contributed by atoms with Crippen LogP contribution in [0.1, 0.15) is 22.8 Å². The molecule has 0 heterocycles. The van der Waals surface area contributed by atoms with Crippen molar-refractivity contribution in [1.82, 2.24) is 4.90 Å². The minimum absolute atomic E-state index is 0.150. The van der Waals surface area contributed by atoms with E-state index in [1.807, 2.05) is 6.07 Å². The fourth-order valence-corrected chi connectivity index (χ4v) is 2.46. The van der Waals surface area contributed by atoms with Gasteiger partial charge in [-0.2, -0.15) is 0 Å². The standard InChI is InChI=1S/C17H16Cl2N2O2/c1-11(22)20-14-5-3-4-13(9-14)17(23)21(2)10-12-6-7-15(18)16(19)8-12/h3-9H,10H2,1-2H3,(H,20,22). The second kappa shape index (κ2) is 7.49. The minimum atomic E-state index is -0.182. The molecule has 0 fully saturated rings. The third-order valence-electron chi connectivity index (χ3n) is 3.18. The maximum Gasteiger partial charge on any atom is 0.253 e. The van der Waals surface area contributed by atoms with Crippen molar-refractivity contribution < 1.29 is 9.59 Å². The Morgan fingerprint density at radius 1 is 1.09 bits per heavy atom. The van der Waals surface area contributed by atoms with Crippen LogP contribution >= 0.6 is 23.2 Å². The zero-order chi connectivity index (χ0) is 17.0. The number of anilines is 1. The SMILES string of the molecule is CC(=O)Nc1cccc(C(=O)N(C)Cc2ccc(Cl)c(Cl)c2)c1. The molecule has 23 heavy (non-hydrogen) atoms. The monoisotopic (exact) mass is 350 g/mol. The van der Waals surface area contributed by atoms with Crippen LogP contribution in [0.2, 0.25) is 10.0 Å². The number of halogens is 2. The van der Waals surface area contributed by atoms with E-state index in [4.69, 9.17) is 23.2 Å². The molecule has 0 aliphatic rings. The maximum absolute atomic E-state index is 12.5. The summed E-state index contributed by atoms with van der Waals surface area (Å²) in [5.74, 6) is -0.331. The first-order valence-corrected chi connectivity index (χ1v) is 7.69. The van der Waals surface area contributed by atoms with E-state index in [0.29, 0.717) is 27.8 Å². The van der Waals surface area contributed by atoms with E-state index in [1.54, 1.807) is 48.3 Å². The average molecular weight is 351 g/mol. The Labute approximate surface area is 145 Å². The van der Waals surface area contributed by atoms with E-state index in [2.05, 4.69) is 5.32 Å². The van der Waals surface area contributed by atoms with Crippen molar-refractivity contribution >= 4 is 40.7 Å². The lowest BCUT2D eigenvalue weighted by Gasteiger charge is -2.18. The highest BCUT2D eigenvalue weighted by molar-refractivity contribution is 6.42. The van der Waals surface area contributed by atoms with Gasteiger partial charge in [-0.25, -0.2) is 0 Å². The van der Waals surface area contributed by atoms with Crippen molar-refractivity contribution in [2.45, 2.75) is 13.5 Å². The van der Waals surface area contributed by atoms with Crippen LogP contribution in [0.5, 0.6) is 0 Å². The van der Waals surface area contributed by atoms with Crippen LogP contribution < -0.4 is 5.32 Å². The first kappa shape index (κ1) is 17.3. The predicted molar refractivity (Wildman–Crippen MR) is 93.0 cm³/mol. The minimum Gasteiger partial charge on any atom is -0.337 e. The average Bonchev–Trinajstić information content (AvgIpc) is 2.49. The molecule has 1 N–H and O–H groups in total.